The zero-order valence-corrected chi connectivity index (χ0v) is 15.7. The monoisotopic (exact) mass is 360 g/mol. The predicted octanol–water partition coefficient (Wildman–Crippen LogP) is 1.65. The number of amides is 2. The van der Waals surface area contributed by atoms with Gasteiger partial charge in [0.2, 0.25) is 0 Å². The maximum Gasteiger partial charge on any atom is 0.261 e. The summed E-state index contributed by atoms with van der Waals surface area (Å²) in [5.41, 5.74) is 1.00. The second-order valence-corrected chi connectivity index (χ2v) is 6.28. The summed E-state index contributed by atoms with van der Waals surface area (Å²) in [5.74, 6) is 0.354. The largest absolute Gasteiger partial charge is 0.383 e. The van der Waals surface area contributed by atoms with Gasteiger partial charge in [-0.3, -0.25) is 19.5 Å². The van der Waals surface area contributed by atoms with Crippen molar-refractivity contribution in [2.45, 2.75) is 32.7 Å². The maximum atomic E-state index is 12.3. The van der Waals surface area contributed by atoms with E-state index in [1.54, 1.807) is 31.4 Å². The zero-order chi connectivity index (χ0) is 18.9. The van der Waals surface area contributed by atoms with E-state index in [9.17, 15) is 9.59 Å². The molecule has 1 atom stereocenters. The van der Waals surface area contributed by atoms with Crippen molar-refractivity contribution in [3.63, 3.8) is 0 Å². The van der Waals surface area contributed by atoms with Gasteiger partial charge in [-0.05, 0) is 38.8 Å². The van der Waals surface area contributed by atoms with Gasteiger partial charge in [-0.15, -0.1) is 0 Å². The highest BCUT2D eigenvalue weighted by Gasteiger charge is 2.34. The van der Waals surface area contributed by atoms with E-state index < -0.39 is 0 Å². The molecular weight excluding hydrogens is 332 g/mol. The molecule has 142 valence electrons. The van der Waals surface area contributed by atoms with Gasteiger partial charge in [0.1, 0.15) is 0 Å². The first kappa shape index (κ1) is 19.9. The minimum Gasteiger partial charge on any atom is -0.383 e. The average Bonchev–Trinajstić information content (AvgIpc) is 2.87. The summed E-state index contributed by atoms with van der Waals surface area (Å²) < 4.78 is 5.11. The lowest BCUT2D eigenvalue weighted by Gasteiger charge is -2.17. The average molecular weight is 360 g/mol. The molecule has 26 heavy (non-hydrogen) atoms. The molecule has 1 aliphatic heterocycles. The lowest BCUT2D eigenvalue weighted by molar-refractivity contribution is 0.0652. The first-order chi connectivity index (χ1) is 12.6. The van der Waals surface area contributed by atoms with Crippen LogP contribution < -0.4 is 10.6 Å². The lowest BCUT2D eigenvalue weighted by Crippen LogP contribution is -2.44. The van der Waals surface area contributed by atoms with Gasteiger partial charge < -0.3 is 15.4 Å². The molecule has 7 nitrogen and oxygen atoms in total. The number of carbonyl (C=O) groups is 2. The minimum atomic E-state index is -0.197. The van der Waals surface area contributed by atoms with Crippen LogP contribution >= 0.6 is 0 Å². The Morgan fingerprint density at radius 1 is 1.19 bits per heavy atom. The molecule has 1 aromatic rings. The van der Waals surface area contributed by atoms with Crippen LogP contribution in [0, 0.1) is 0 Å². The quantitative estimate of drug-likeness (QED) is 0.303. The van der Waals surface area contributed by atoms with Crippen LogP contribution in [0.15, 0.2) is 29.3 Å². The number of fused-ring (bicyclic) bond motifs is 1. The summed E-state index contributed by atoms with van der Waals surface area (Å²) in [6, 6.07) is 7.13. The van der Waals surface area contributed by atoms with Crippen molar-refractivity contribution < 1.29 is 14.3 Å². The van der Waals surface area contributed by atoms with Crippen molar-refractivity contribution in [2.24, 2.45) is 4.99 Å². The van der Waals surface area contributed by atoms with Crippen molar-refractivity contribution in [2.75, 3.05) is 33.4 Å². The van der Waals surface area contributed by atoms with Crippen LogP contribution in [0.5, 0.6) is 0 Å². The molecular formula is C19H28N4O3. The number of benzene rings is 1. The van der Waals surface area contributed by atoms with Crippen molar-refractivity contribution in [3.05, 3.63) is 35.4 Å². The SMILES string of the molecule is CCNC(=NCCCCN1C(=O)c2ccccc2C1=O)NC(C)COC. The van der Waals surface area contributed by atoms with E-state index in [4.69, 9.17) is 4.74 Å². The molecule has 1 unspecified atom stereocenters. The first-order valence-corrected chi connectivity index (χ1v) is 9.07. The third kappa shape index (κ3) is 5.05. The Hall–Kier alpha value is -2.41. The van der Waals surface area contributed by atoms with E-state index in [-0.39, 0.29) is 17.9 Å². The highest BCUT2D eigenvalue weighted by atomic mass is 16.5. The molecule has 0 aromatic heterocycles. The van der Waals surface area contributed by atoms with Crippen molar-refractivity contribution >= 4 is 17.8 Å². The smallest absolute Gasteiger partial charge is 0.261 e. The Bertz CT molecular complexity index is 625. The van der Waals surface area contributed by atoms with Crippen LogP contribution in [0.3, 0.4) is 0 Å². The van der Waals surface area contributed by atoms with Gasteiger partial charge in [-0.1, -0.05) is 12.1 Å². The molecule has 1 aromatic carbocycles. The number of nitrogens with zero attached hydrogens (tertiary/aromatic N) is 2. The Morgan fingerprint density at radius 2 is 1.85 bits per heavy atom. The van der Waals surface area contributed by atoms with Gasteiger partial charge in [-0.25, -0.2) is 0 Å². The number of hydrogen-bond acceptors (Lipinski definition) is 4. The van der Waals surface area contributed by atoms with E-state index in [1.165, 1.54) is 4.90 Å². The molecule has 2 N–H and O–H groups in total. The number of methoxy groups -OCH3 is 1. The fourth-order valence-electron chi connectivity index (χ4n) is 2.86. The molecule has 2 rings (SSSR count). The van der Waals surface area contributed by atoms with E-state index >= 15 is 0 Å². The number of carbonyl (C=O) groups excluding carboxylic acids is 2. The van der Waals surface area contributed by atoms with Crippen LogP contribution in [0.2, 0.25) is 0 Å². The molecule has 0 saturated heterocycles. The fraction of sp³-hybridized carbons (Fsp3) is 0.526. The fourth-order valence-corrected chi connectivity index (χ4v) is 2.86. The topological polar surface area (TPSA) is 83.0 Å². The van der Waals surface area contributed by atoms with Crippen molar-refractivity contribution in [1.82, 2.24) is 15.5 Å². The van der Waals surface area contributed by atoms with Crippen LogP contribution in [-0.2, 0) is 4.74 Å². The van der Waals surface area contributed by atoms with Gasteiger partial charge >= 0.3 is 0 Å². The number of guanidine groups is 1. The minimum absolute atomic E-state index is 0.163. The summed E-state index contributed by atoms with van der Waals surface area (Å²) in [6.45, 7) is 6.47. The summed E-state index contributed by atoms with van der Waals surface area (Å²) >= 11 is 0. The number of ether oxygens (including phenoxy) is 1. The van der Waals surface area contributed by atoms with E-state index in [0.717, 1.165) is 25.3 Å². The molecule has 2 amide bonds. The summed E-state index contributed by atoms with van der Waals surface area (Å²) in [4.78, 5) is 30.4. The Kier molecular flexibility index (Phi) is 7.59. The van der Waals surface area contributed by atoms with Crippen molar-refractivity contribution in [3.8, 4) is 0 Å². The van der Waals surface area contributed by atoms with Crippen molar-refractivity contribution in [1.29, 1.82) is 0 Å². The lowest BCUT2D eigenvalue weighted by atomic mass is 10.1. The second kappa shape index (κ2) is 9.91. The van der Waals surface area contributed by atoms with Gasteiger partial charge in [-0.2, -0.15) is 0 Å². The highest BCUT2D eigenvalue weighted by molar-refractivity contribution is 6.21. The first-order valence-electron chi connectivity index (χ1n) is 9.07. The summed E-state index contributed by atoms with van der Waals surface area (Å²) in [5, 5.41) is 6.47. The van der Waals surface area contributed by atoms with Crippen LogP contribution in [0.1, 0.15) is 47.4 Å². The molecule has 7 heteroatoms. The molecule has 1 heterocycles. The summed E-state index contributed by atoms with van der Waals surface area (Å²) in [6.07, 6.45) is 1.52. The normalized spacial score (nSPS) is 15.2. The number of unbranched alkanes of at least 4 members (excludes halogenated alkanes) is 1. The number of hydrogen-bond donors (Lipinski definition) is 2. The molecule has 1 aliphatic rings. The highest BCUT2D eigenvalue weighted by Crippen LogP contribution is 2.22. The molecule has 0 aliphatic carbocycles. The van der Waals surface area contributed by atoms with Gasteiger partial charge in [0, 0.05) is 32.8 Å². The zero-order valence-electron chi connectivity index (χ0n) is 15.7. The number of aliphatic imine (C=N–C) groups is 1. The number of nitrogens with one attached hydrogen (secondary N) is 2. The van der Waals surface area contributed by atoms with Crippen LogP contribution in [-0.4, -0.2) is 62.1 Å². The standard InChI is InChI=1S/C19H28N4O3/c1-4-20-19(22-14(2)13-26-3)21-11-7-8-12-23-17(24)15-9-5-6-10-16(15)18(23)25/h5-6,9-10,14H,4,7-8,11-13H2,1-3H3,(H2,20,21,22). The Labute approximate surface area is 154 Å². The van der Waals surface area contributed by atoms with Gasteiger partial charge in [0.15, 0.2) is 5.96 Å². The predicted molar refractivity (Wildman–Crippen MR) is 101 cm³/mol. The Morgan fingerprint density at radius 3 is 2.42 bits per heavy atom. The third-order valence-corrected chi connectivity index (χ3v) is 4.08. The van der Waals surface area contributed by atoms with Gasteiger partial charge in [0.05, 0.1) is 17.7 Å². The molecule has 0 bridgehead atoms. The second-order valence-electron chi connectivity index (χ2n) is 6.28. The van der Waals surface area contributed by atoms with Crippen LogP contribution in [0.4, 0.5) is 0 Å². The molecule has 0 saturated carbocycles. The number of rotatable bonds is 9. The van der Waals surface area contributed by atoms with E-state index in [0.29, 0.717) is 30.8 Å². The third-order valence-electron chi connectivity index (χ3n) is 4.08. The number of imide groups is 1. The van der Waals surface area contributed by atoms with E-state index in [2.05, 4.69) is 15.6 Å². The molecule has 0 spiro atoms. The maximum absolute atomic E-state index is 12.3. The molecule has 0 fully saturated rings. The van der Waals surface area contributed by atoms with Crippen LogP contribution in [0.25, 0.3) is 0 Å². The van der Waals surface area contributed by atoms with Gasteiger partial charge in [0.25, 0.3) is 11.8 Å². The molecule has 0 radical (unpaired) electrons. The summed E-state index contributed by atoms with van der Waals surface area (Å²) in [7, 11) is 1.67. The van der Waals surface area contributed by atoms with E-state index in [1.807, 2.05) is 13.8 Å². The Balaban J connectivity index is 1.79.